The lowest BCUT2D eigenvalue weighted by molar-refractivity contribution is 0.784. The molecule has 0 atom stereocenters. The summed E-state index contributed by atoms with van der Waals surface area (Å²) in [5.74, 6) is 0. The van der Waals surface area contributed by atoms with Crippen molar-refractivity contribution in [2.45, 2.75) is 19.9 Å². The summed E-state index contributed by atoms with van der Waals surface area (Å²) in [4.78, 5) is 2.45. The van der Waals surface area contributed by atoms with Gasteiger partial charge in [-0.2, -0.15) is 5.26 Å². The van der Waals surface area contributed by atoms with Gasteiger partial charge >= 0.3 is 0 Å². The highest BCUT2D eigenvalue weighted by atomic mass is 15.2. The quantitative estimate of drug-likeness (QED) is 0.244. The van der Waals surface area contributed by atoms with Crippen LogP contribution in [0.2, 0.25) is 0 Å². The number of nitrogens with zero attached hydrogens (tertiary/aromatic N) is 4. The van der Waals surface area contributed by atoms with E-state index < -0.39 is 0 Å². The monoisotopic (exact) mass is 488 g/mol. The van der Waals surface area contributed by atoms with E-state index in [0.29, 0.717) is 5.56 Å². The second-order valence-electron chi connectivity index (χ2n) is 10.3. The summed E-state index contributed by atoms with van der Waals surface area (Å²) in [6, 6.07) is 39.0. The minimum Gasteiger partial charge on any atom is -0.335 e. The number of anilines is 2. The van der Waals surface area contributed by atoms with Crippen LogP contribution < -0.4 is 4.90 Å². The van der Waals surface area contributed by atoms with E-state index in [1.54, 1.807) is 0 Å². The molecule has 0 unspecified atom stereocenters. The van der Waals surface area contributed by atoms with Gasteiger partial charge in [0.1, 0.15) is 0 Å². The van der Waals surface area contributed by atoms with Crippen molar-refractivity contribution >= 4 is 55.0 Å². The Morgan fingerprint density at radius 2 is 1.32 bits per heavy atom. The summed E-state index contributed by atoms with van der Waals surface area (Å²) in [5.41, 5.74) is 9.99. The van der Waals surface area contributed by atoms with Crippen molar-refractivity contribution in [1.82, 2.24) is 9.13 Å². The maximum Gasteiger partial charge on any atom is 0.0992 e. The van der Waals surface area contributed by atoms with Gasteiger partial charge in [0.05, 0.1) is 50.8 Å². The van der Waals surface area contributed by atoms with Gasteiger partial charge < -0.3 is 14.0 Å². The predicted molar refractivity (Wildman–Crippen MR) is 157 cm³/mol. The number of nitriles is 1. The van der Waals surface area contributed by atoms with Gasteiger partial charge in [0.25, 0.3) is 0 Å². The molecule has 38 heavy (non-hydrogen) atoms. The molecule has 0 radical (unpaired) electrons. The maximum absolute atomic E-state index is 9.81. The summed E-state index contributed by atoms with van der Waals surface area (Å²) in [7, 11) is 0. The van der Waals surface area contributed by atoms with Crippen molar-refractivity contribution in [2.75, 3.05) is 4.90 Å². The number of rotatable bonds is 2. The SMILES string of the molecule is CC(C)N1c2cc(C#N)ccc2-n2c3ccccc3c3cc4c(c1c32)c1ccccc1n4-c1ccccc1. The molecule has 0 saturated carbocycles. The van der Waals surface area contributed by atoms with E-state index in [4.69, 9.17) is 0 Å². The summed E-state index contributed by atoms with van der Waals surface area (Å²) >= 11 is 0. The van der Waals surface area contributed by atoms with Crippen molar-refractivity contribution in [1.29, 1.82) is 5.26 Å². The van der Waals surface area contributed by atoms with Crippen molar-refractivity contribution in [3.8, 4) is 17.4 Å². The topological polar surface area (TPSA) is 36.9 Å². The van der Waals surface area contributed by atoms with Gasteiger partial charge in [-0.25, -0.2) is 0 Å². The van der Waals surface area contributed by atoms with E-state index >= 15 is 0 Å². The Bertz CT molecular complexity index is 2120. The van der Waals surface area contributed by atoms with E-state index in [2.05, 4.69) is 125 Å². The molecule has 4 nitrogen and oxygen atoms in total. The first-order valence-corrected chi connectivity index (χ1v) is 13.1. The molecular formula is C34H24N4. The Morgan fingerprint density at radius 3 is 2.05 bits per heavy atom. The fourth-order valence-corrected chi connectivity index (χ4v) is 6.52. The molecule has 3 heterocycles. The molecule has 5 aromatic carbocycles. The first kappa shape index (κ1) is 21.1. The van der Waals surface area contributed by atoms with E-state index in [1.807, 2.05) is 12.1 Å². The third kappa shape index (κ3) is 2.58. The smallest absolute Gasteiger partial charge is 0.0992 e. The highest BCUT2D eigenvalue weighted by Gasteiger charge is 2.33. The average Bonchev–Trinajstić information content (AvgIpc) is 3.47. The fourth-order valence-electron chi connectivity index (χ4n) is 6.52. The molecular weight excluding hydrogens is 464 g/mol. The molecule has 4 heteroatoms. The molecule has 0 amide bonds. The van der Waals surface area contributed by atoms with Crippen LogP contribution in [0.3, 0.4) is 0 Å². The van der Waals surface area contributed by atoms with Crippen molar-refractivity contribution in [3.05, 3.63) is 109 Å². The number of aromatic nitrogens is 2. The van der Waals surface area contributed by atoms with E-state index in [9.17, 15) is 5.26 Å². The average molecular weight is 489 g/mol. The second-order valence-corrected chi connectivity index (χ2v) is 10.3. The zero-order valence-corrected chi connectivity index (χ0v) is 21.2. The Morgan fingerprint density at radius 1 is 0.632 bits per heavy atom. The van der Waals surface area contributed by atoms with Crippen LogP contribution in [0.15, 0.2) is 103 Å². The number of hydrogen-bond acceptors (Lipinski definition) is 2. The van der Waals surface area contributed by atoms with E-state index in [1.165, 1.54) is 49.3 Å². The molecule has 7 aromatic rings. The van der Waals surface area contributed by atoms with Gasteiger partial charge in [0.15, 0.2) is 0 Å². The summed E-state index contributed by atoms with van der Waals surface area (Å²) < 4.78 is 4.80. The van der Waals surface area contributed by atoms with E-state index in [-0.39, 0.29) is 6.04 Å². The zero-order valence-electron chi connectivity index (χ0n) is 21.2. The normalized spacial score (nSPS) is 12.6. The fraction of sp³-hybridized carbons (Fsp3) is 0.0882. The summed E-state index contributed by atoms with van der Waals surface area (Å²) in [5, 5.41) is 14.7. The maximum atomic E-state index is 9.81. The van der Waals surface area contributed by atoms with Crippen LogP contribution >= 0.6 is 0 Å². The third-order valence-corrected chi connectivity index (χ3v) is 7.94. The highest BCUT2D eigenvalue weighted by Crippen LogP contribution is 2.52. The summed E-state index contributed by atoms with van der Waals surface area (Å²) in [6.45, 7) is 4.48. The van der Waals surface area contributed by atoms with Crippen LogP contribution in [0.5, 0.6) is 0 Å². The van der Waals surface area contributed by atoms with Crippen LogP contribution in [0, 0.1) is 11.3 Å². The number of hydrogen-bond donors (Lipinski definition) is 0. The minimum atomic E-state index is 0.182. The van der Waals surface area contributed by atoms with Gasteiger partial charge in [-0.3, -0.25) is 0 Å². The lowest BCUT2D eigenvalue weighted by Gasteiger charge is -2.36. The largest absolute Gasteiger partial charge is 0.335 e. The molecule has 0 spiro atoms. The molecule has 8 rings (SSSR count). The number of benzene rings is 5. The number of fused-ring (bicyclic) bond motifs is 9. The molecule has 0 bridgehead atoms. The van der Waals surface area contributed by atoms with Gasteiger partial charge in [0, 0.05) is 33.3 Å². The molecule has 1 aliphatic heterocycles. The Balaban J connectivity index is 1.69. The highest BCUT2D eigenvalue weighted by molar-refractivity contribution is 6.28. The van der Waals surface area contributed by atoms with Crippen molar-refractivity contribution in [2.24, 2.45) is 0 Å². The number of para-hydroxylation sites is 3. The first-order valence-electron chi connectivity index (χ1n) is 13.1. The molecule has 2 aromatic heterocycles. The van der Waals surface area contributed by atoms with Crippen molar-refractivity contribution < 1.29 is 0 Å². The molecule has 180 valence electrons. The summed E-state index contributed by atoms with van der Waals surface area (Å²) in [6.07, 6.45) is 0. The molecule has 0 fully saturated rings. The zero-order chi connectivity index (χ0) is 25.5. The Hall–Kier alpha value is -5.01. The Labute approximate surface area is 220 Å². The van der Waals surface area contributed by atoms with Gasteiger partial charge in [0.2, 0.25) is 0 Å². The Kier molecular flexibility index (Phi) is 4.17. The second kappa shape index (κ2) is 7.50. The molecule has 0 saturated heterocycles. The van der Waals surface area contributed by atoms with Crippen LogP contribution in [-0.2, 0) is 0 Å². The van der Waals surface area contributed by atoms with Gasteiger partial charge in [-0.1, -0.05) is 54.6 Å². The van der Waals surface area contributed by atoms with Crippen LogP contribution in [0.25, 0.3) is 55.0 Å². The van der Waals surface area contributed by atoms with Crippen LogP contribution in [0.4, 0.5) is 11.4 Å². The van der Waals surface area contributed by atoms with Crippen molar-refractivity contribution in [3.63, 3.8) is 0 Å². The van der Waals surface area contributed by atoms with Crippen LogP contribution in [-0.4, -0.2) is 15.2 Å². The minimum absolute atomic E-state index is 0.182. The molecule has 0 N–H and O–H groups in total. The lowest BCUT2D eigenvalue weighted by atomic mass is 10.0. The van der Waals surface area contributed by atoms with Crippen LogP contribution in [0.1, 0.15) is 19.4 Å². The standard InChI is InChI=1S/C34H24N4/c1-21(2)36-30-18-22(20-35)16-17-29(30)38-27-14-8-6-12-24(27)26-19-31-32(34(36)33(26)38)25-13-7-9-15-28(25)37(31)23-10-4-3-5-11-23/h3-19,21H,1-2H3. The molecule has 0 aliphatic carbocycles. The molecule has 1 aliphatic rings. The van der Waals surface area contributed by atoms with Gasteiger partial charge in [-0.05, 0) is 62.4 Å². The van der Waals surface area contributed by atoms with Gasteiger partial charge in [-0.15, -0.1) is 0 Å². The third-order valence-electron chi connectivity index (χ3n) is 7.94. The predicted octanol–water partition coefficient (Wildman–Crippen LogP) is 8.61. The van der Waals surface area contributed by atoms with E-state index in [0.717, 1.165) is 17.1 Å². The first-order chi connectivity index (χ1) is 18.7. The lowest BCUT2D eigenvalue weighted by Crippen LogP contribution is -2.29.